The number of rotatable bonds is 1. The highest BCUT2D eigenvalue weighted by atomic mass is 35.5. The van der Waals surface area contributed by atoms with E-state index >= 15 is 0 Å². The third kappa shape index (κ3) is 2.12. The van der Waals surface area contributed by atoms with E-state index in [1.807, 2.05) is 0 Å². The number of hydrogen-bond acceptors (Lipinski definition) is 3. The minimum Gasteiger partial charge on any atom is -0.368 e. The van der Waals surface area contributed by atoms with E-state index in [4.69, 9.17) is 0 Å². The Bertz CT molecular complexity index is 207. The molecule has 0 amide bonds. The van der Waals surface area contributed by atoms with Crippen molar-refractivity contribution >= 4 is 29.4 Å². The quantitative estimate of drug-likeness (QED) is 0.748. The predicted octanol–water partition coefficient (Wildman–Crippen LogP) is 1.58. The summed E-state index contributed by atoms with van der Waals surface area (Å²) in [6, 6.07) is 2.19. The first-order valence-corrected chi connectivity index (χ1v) is 4.89. The van der Waals surface area contributed by atoms with Crippen molar-refractivity contribution in [3.8, 4) is 0 Å². The maximum Gasteiger partial charge on any atom is 0.0475 e. The molecule has 1 fully saturated rings. The molecule has 2 rings (SSSR count). The Kier molecular flexibility index (Phi) is 3.85. The van der Waals surface area contributed by atoms with Crippen molar-refractivity contribution < 1.29 is 0 Å². The fraction of sp³-hybridized carbons (Fsp3) is 0.500. The lowest BCUT2D eigenvalue weighted by Crippen LogP contribution is -2.43. The summed E-state index contributed by atoms with van der Waals surface area (Å²) in [4.78, 5) is 2.42. The summed E-state index contributed by atoms with van der Waals surface area (Å²) in [6.07, 6.45) is 0. The first-order valence-electron chi connectivity index (χ1n) is 3.95. The van der Waals surface area contributed by atoms with Gasteiger partial charge in [-0.25, -0.2) is 0 Å². The first-order chi connectivity index (χ1) is 5.47. The molecule has 0 aromatic carbocycles. The van der Waals surface area contributed by atoms with Crippen LogP contribution >= 0.6 is 23.7 Å². The number of thiophene rings is 1. The van der Waals surface area contributed by atoms with E-state index in [9.17, 15) is 0 Å². The van der Waals surface area contributed by atoms with Crippen LogP contribution in [0.2, 0.25) is 0 Å². The first kappa shape index (κ1) is 9.84. The van der Waals surface area contributed by atoms with Gasteiger partial charge in [0.15, 0.2) is 0 Å². The molecule has 2 heterocycles. The van der Waals surface area contributed by atoms with Gasteiger partial charge in [0.25, 0.3) is 0 Å². The van der Waals surface area contributed by atoms with Gasteiger partial charge in [-0.1, -0.05) is 0 Å². The molecule has 1 aromatic heterocycles. The molecule has 0 spiro atoms. The average molecular weight is 205 g/mol. The third-order valence-electron chi connectivity index (χ3n) is 1.99. The molecule has 0 aliphatic carbocycles. The van der Waals surface area contributed by atoms with Crippen LogP contribution in [0.3, 0.4) is 0 Å². The number of nitrogens with one attached hydrogen (secondary N) is 1. The maximum absolute atomic E-state index is 3.34. The minimum atomic E-state index is 0. The Labute approximate surface area is 83.0 Å². The molecule has 1 aromatic rings. The van der Waals surface area contributed by atoms with Crippen LogP contribution in [0.5, 0.6) is 0 Å². The monoisotopic (exact) mass is 204 g/mol. The van der Waals surface area contributed by atoms with E-state index in [1.165, 1.54) is 5.69 Å². The van der Waals surface area contributed by atoms with Crippen molar-refractivity contribution in [3.63, 3.8) is 0 Å². The van der Waals surface area contributed by atoms with E-state index < -0.39 is 0 Å². The van der Waals surface area contributed by atoms with Crippen LogP contribution in [0.1, 0.15) is 0 Å². The Hall–Kier alpha value is -0.250. The number of anilines is 1. The topological polar surface area (TPSA) is 15.3 Å². The van der Waals surface area contributed by atoms with Crippen LogP contribution < -0.4 is 10.2 Å². The second-order valence-electron chi connectivity index (χ2n) is 2.72. The summed E-state index contributed by atoms with van der Waals surface area (Å²) < 4.78 is 0. The fourth-order valence-electron chi connectivity index (χ4n) is 1.36. The summed E-state index contributed by atoms with van der Waals surface area (Å²) in [5, 5.41) is 7.69. The van der Waals surface area contributed by atoms with Gasteiger partial charge in [0.2, 0.25) is 0 Å². The summed E-state index contributed by atoms with van der Waals surface area (Å²) in [6.45, 7) is 4.54. The molecular formula is C8H13ClN2S. The molecule has 1 aliphatic rings. The van der Waals surface area contributed by atoms with Crippen molar-refractivity contribution in [2.75, 3.05) is 31.1 Å². The fourth-order valence-corrected chi connectivity index (χ4v) is 2.02. The third-order valence-corrected chi connectivity index (χ3v) is 2.66. The average Bonchev–Trinajstić information content (AvgIpc) is 2.58. The lowest BCUT2D eigenvalue weighted by molar-refractivity contribution is 0.590. The van der Waals surface area contributed by atoms with Crippen LogP contribution in [0, 0.1) is 0 Å². The van der Waals surface area contributed by atoms with Crippen molar-refractivity contribution in [2.45, 2.75) is 0 Å². The smallest absolute Gasteiger partial charge is 0.0475 e. The molecule has 0 saturated carbocycles. The number of nitrogens with zero attached hydrogens (tertiary/aromatic N) is 1. The second kappa shape index (κ2) is 4.70. The Morgan fingerprint density at radius 3 is 2.67 bits per heavy atom. The molecule has 12 heavy (non-hydrogen) atoms. The lowest BCUT2D eigenvalue weighted by atomic mass is 10.3. The highest BCUT2D eigenvalue weighted by molar-refractivity contribution is 7.08. The molecule has 1 N–H and O–H groups in total. The standard InChI is InChI=1S/C8H12N2S.ClH/c1-6-11-7-8(1)10-4-2-9-3-5-10;/h1,6-7,9H,2-5H2;1H. The van der Waals surface area contributed by atoms with E-state index in [1.54, 1.807) is 11.3 Å². The molecule has 0 unspecified atom stereocenters. The normalized spacial score (nSPS) is 17.2. The van der Waals surface area contributed by atoms with E-state index in [2.05, 4.69) is 27.0 Å². The Morgan fingerprint density at radius 2 is 2.08 bits per heavy atom. The molecular weight excluding hydrogens is 192 g/mol. The van der Waals surface area contributed by atoms with Gasteiger partial charge in [-0.2, -0.15) is 11.3 Å². The van der Waals surface area contributed by atoms with Crippen LogP contribution in [0.25, 0.3) is 0 Å². The van der Waals surface area contributed by atoms with E-state index in [-0.39, 0.29) is 12.4 Å². The minimum absolute atomic E-state index is 0. The van der Waals surface area contributed by atoms with E-state index in [0.717, 1.165) is 26.2 Å². The SMILES string of the molecule is Cl.c1cc(N2CCNCC2)cs1. The van der Waals surface area contributed by atoms with Crippen LogP contribution in [0.15, 0.2) is 16.8 Å². The summed E-state index contributed by atoms with van der Waals surface area (Å²) in [5.41, 5.74) is 1.39. The lowest BCUT2D eigenvalue weighted by Gasteiger charge is -2.28. The van der Waals surface area contributed by atoms with Crippen LogP contribution in [0.4, 0.5) is 5.69 Å². The zero-order chi connectivity index (χ0) is 7.52. The van der Waals surface area contributed by atoms with Gasteiger partial charge >= 0.3 is 0 Å². The molecule has 0 radical (unpaired) electrons. The van der Waals surface area contributed by atoms with Crippen molar-refractivity contribution in [3.05, 3.63) is 16.8 Å². The molecule has 0 atom stereocenters. The predicted molar refractivity (Wildman–Crippen MR) is 56.6 cm³/mol. The molecule has 1 aliphatic heterocycles. The zero-order valence-electron chi connectivity index (χ0n) is 6.82. The van der Waals surface area contributed by atoms with E-state index in [0.29, 0.717) is 0 Å². The molecule has 2 nitrogen and oxygen atoms in total. The van der Waals surface area contributed by atoms with Gasteiger partial charge in [0.1, 0.15) is 0 Å². The number of halogens is 1. The van der Waals surface area contributed by atoms with Crippen LogP contribution in [-0.4, -0.2) is 26.2 Å². The van der Waals surface area contributed by atoms with Crippen LogP contribution in [-0.2, 0) is 0 Å². The summed E-state index contributed by atoms with van der Waals surface area (Å²) >= 11 is 1.77. The second-order valence-corrected chi connectivity index (χ2v) is 3.50. The number of piperazine rings is 1. The Balaban J connectivity index is 0.000000720. The highest BCUT2D eigenvalue weighted by Gasteiger charge is 2.09. The Morgan fingerprint density at radius 1 is 1.33 bits per heavy atom. The summed E-state index contributed by atoms with van der Waals surface area (Å²) in [7, 11) is 0. The van der Waals surface area contributed by atoms with Gasteiger partial charge in [-0.05, 0) is 11.4 Å². The molecule has 0 bridgehead atoms. The molecule has 68 valence electrons. The largest absolute Gasteiger partial charge is 0.368 e. The van der Waals surface area contributed by atoms with Gasteiger partial charge < -0.3 is 10.2 Å². The van der Waals surface area contributed by atoms with Gasteiger partial charge in [0.05, 0.1) is 0 Å². The zero-order valence-corrected chi connectivity index (χ0v) is 8.46. The number of hydrogen-bond donors (Lipinski definition) is 1. The molecule has 1 saturated heterocycles. The van der Waals surface area contributed by atoms with Gasteiger partial charge in [-0.15, -0.1) is 12.4 Å². The van der Waals surface area contributed by atoms with Gasteiger partial charge in [0, 0.05) is 37.2 Å². The summed E-state index contributed by atoms with van der Waals surface area (Å²) in [5.74, 6) is 0. The van der Waals surface area contributed by atoms with Crippen molar-refractivity contribution in [1.82, 2.24) is 5.32 Å². The molecule has 4 heteroatoms. The van der Waals surface area contributed by atoms with Gasteiger partial charge in [-0.3, -0.25) is 0 Å². The highest BCUT2D eigenvalue weighted by Crippen LogP contribution is 2.17. The van der Waals surface area contributed by atoms with Crippen molar-refractivity contribution in [1.29, 1.82) is 0 Å². The van der Waals surface area contributed by atoms with Crippen molar-refractivity contribution in [2.24, 2.45) is 0 Å². The maximum atomic E-state index is 3.34.